The number of nitrogens with zero attached hydrogens (tertiary/aromatic N) is 2. The molecule has 3 aromatic carbocycles. The lowest BCUT2D eigenvalue weighted by molar-refractivity contribution is -0.139. The molecule has 212 valence electrons. The van der Waals surface area contributed by atoms with Gasteiger partial charge in [-0.05, 0) is 74.2 Å². The summed E-state index contributed by atoms with van der Waals surface area (Å²) in [6.45, 7) is 3.13. The molecule has 1 aliphatic rings. The topological polar surface area (TPSA) is 86.8 Å². The van der Waals surface area contributed by atoms with Crippen LogP contribution in [0.3, 0.4) is 0 Å². The maximum Gasteiger partial charge on any atom is 0.264 e. The lowest BCUT2D eigenvalue weighted by atomic mass is 10.1. The van der Waals surface area contributed by atoms with Crippen LogP contribution in [0.4, 0.5) is 5.69 Å². The first-order chi connectivity index (χ1) is 19.1. The van der Waals surface area contributed by atoms with E-state index in [1.54, 1.807) is 43.3 Å². The normalized spacial score (nSPS) is 14.5. The van der Waals surface area contributed by atoms with Crippen LogP contribution in [0.2, 0.25) is 5.02 Å². The van der Waals surface area contributed by atoms with Gasteiger partial charge in [0.15, 0.2) is 0 Å². The van der Waals surface area contributed by atoms with Gasteiger partial charge < -0.3 is 10.2 Å². The summed E-state index contributed by atoms with van der Waals surface area (Å²) in [5.74, 6) is -0.763. The Bertz CT molecular complexity index is 1450. The maximum atomic E-state index is 14.0. The van der Waals surface area contributed by atoms with E-state index in [9.17, 15) is 18.0 Å². The molecule has 0 saturated heterocycles. The lowest BCUT2D eigenvalue weighted by Crippen LogP contribution is -2.52. The Morgan fingerprint density at radius 3 is 2.30 bits per heavy atom. The van der Waals surface area contributed by atoms with Crippen molar-refractivity contribution in [2.75, 3.05) is 10.8 Å². The second kappa shape index (κ2) is 13.2. The van der Waals surface area contributed by atoms with E-state index in [1.807, 2.05) is 31.2 Å². The smallest absolute Gasteiger partial charge is 0.264 e. The van der Waals surface area contributed by atoms with Gasteiger partial charge in [-0.1, -0.05) is 76.8 Å². The van der Waals surface area contributed by atoms with Crippen LogP contribution in [0, 0.1) is 6.92 Å². The Balaban J connectivity index is 1.69. The number of rotatable bonds is 10. The molecule has 0 heterocycles. The molecule has 1 atom stereocenters. The molecule has 1 N–H and O–H groups in total. The highest BCUT2D eigenvalue weighted by molar-refractivity contribution is 9.10. The molecule has 0 aliphatic heterocycles. The molecule has 1 saturated carbocycles. The van der Waals surface area contributed by atoms with Gasteiger partial charge in [-0.15, -0.1) is 0 Å². The highest BCUT2D eigenvalue weighted by atomic mass is 79.9. The van der Waals surface area contributed by atoms with E-state index in [4.69, 9.17) is 11.6 Å². The average Bonchev–Trinajstić information content (AvgIpc) is 3.46. The molecule has 10 heteroatoms. The SMILES string of the molecule is Cc1ccc(N(CC(=O)N(Cc2ccc(Br)cc2)[C@@H](C)C(=O)NC2CCCC2)S(=O)(=O)c2ccccc2)cc1Cl. The number of amides is 2. The number of carbonyl (C=O) groups excluding carboxylic acids is 2. The zero-order valence-corrected chi connectivity index (χ0v) is 25.7. The third-order valence-electron chi connectivity index (χ3n) is 7.19. The van der Waals surface area contributed by atoms with E-state index in [0.29, 0.717) is 5.02 Å². The van der Waals surface area contributed by atoms with Gasteiger partial charge in [-0.25, -0.2) is 8.42 Å². The second-order valence-electron chi connectivity index (χ2n) is 10.1. The molecule has 4 rings (SSSR count). The first kappa shape index (κ1) is 30.1. The fraction of sp³-hybridized carbons (Fsp3) is 0.333. The van der Waals surface area contributed by atoms with Crippen molar-refractivity contribution in [2.45, 2.75) is 63.1 Å². The quantitative estimate of drug-likeness (QED) is 0.289. The van der Waals surface area contributed by atoms with E-state index in [2.05, 4.69) is 21.2 Å². The van der Waals surface area contributed by atoms with Crippen molar-refractivity contribution in [3.63, 3.8) is 0 Å². The molecule has 1 aliphatic carbocycles. The van der Waals surface area contributed by atoms with Gasteiger partial charge in [0.05, 0.1) is 10.6 Å². The van der Waals surface area contributed by atoms with Crippen LogP contribution < -0.4 is 9.62 Å². The van der Waals surface area contributed by atoms with Crippen LogP contribution in [-0.4, -0.2) is 43.8 Å². The van der Waals surface area contributed by atoms with Crippen LogP contribution in [0.1, 0.15) is 43.7 Å². The van der Waals surface area contributed by atoms with Gasteiger partial charge in [-0.2, -0.15) is 0 Å². The zero-order chi connectivity index (χ0) is 28.9. The van der Waals surface area contributed by atoms with Gasteiger partial charge in [0.25, 0.3) is 10.0 Å². The van der Waals surface area contributed by atoms with Crippen LogP contribution in [0.15, 0.2) is 82.2 Å². The molecule has 0 bridgehead atoms. The molecule has 0 unspecified atom stereocenters. The highest BCUT2D eigenvalue weighted by Gasteiger charge is 2.33. The van der Waals surface area contributed by atoms with Crippen molar-refractivity contribution in [3.05, 3.63) is 93.4 Å². The van der Waals surface area contributed by atoms with Crippen molar-refractivity contribution in [1.82, 2.24) is 10.2 Å². The van der Waals surface area contributed by atoms with E-state index in [0.717, 1.165) is 45.6 Å². The van der Waals surface area contributed by atoms with Gasteiger partial charge in [0.2, 0.25) is 11.8 Å². The van der Waals surface area contributed by atoms with Crippen LogP contribution >= 0.6 is 27.5 Å². The van der Waals surface area contributed by atoms with E-state index < -0.39 is 28.5 Å². The van der Waals surface area contributed by atoms with Gasteiger partial charge in [0, 0.05) is 22.1 Å². The van der Waals surface area contributed by atoms with Crippen LogP contribution in [-0.2, 0) is 26.2 Å². The molecule has 0 aromatic heterocycles. The van der Waals surface area contributed by atoms with Gasteiger partial charge in [-0.3, -0.25) is 13.9 Å². The summed E-state index contributed by atoms with van der Waals surface area (Å²) in [5.41, 5.74) is 1.86. The van der Waals surface area contributed by atoms with Crippen molar-refractivity contribution in [2.24, 2.45) is 0 Å². The zero-order valence-electron chi connectivity index (χ0n) is 22.5. The molecule has 3 aromatic rings. The predicted molar refractivity (Wildman–Crippen MR) is 162 cm³/mol. The fourth-order valence-corrected chi connectivity index (χ4v) is 6.61. The van der Waals surface area contributed by atoms with E-state index >= 15 is 0 Å². The minimum absolute atomic E-state index is 0.0472. The fourth-order valence-electron chi connectivity index (χ4n) is 4.75. The number of halogens is 2. The monoisotopic (exact) mass is 645 g/mol. The summed E-state index contributed by atoms with van der Waals surface area (Å²) >= 11 is 9.80. The van der Waals surface area contributed by atoms with Crippen molar-refractivity contribution in [1.29, 1.82) is 0 Å². The predicted octanol–water partition coefficient (Wildman–Crippen LogP) is 6.08. The number of aryl methyl sites for hydroxylation is 1. The Morgan fingerprint density at radius 2 is 1.68 bits per heavy atom. The van der Waals surface area contributed by atoms with E-state index in [1.165, 1.54) is 17.0 Å². The summed E-state index contributed by atoms with van der Waals surface area (Å²) in [6.07, 6.45) is 3.95. The Morgan fingerprint density at radius 1 is 1.02 bits per heavy atom. The highest BCUT2D eigenvalue weighted by Crippen LogP contribution is 2.29. The molecular formula is C30H33BrClN3O4S. The second-order valence-corrected chi connectivity index (χ2v) is 13.3. The molecule has 7 nitrogen and oxygen atoms in total. The molecule has 2 amide bonds. The Labute approximate surface area is 249 Å². The Hall–Kier alpha value is -2.88. The third-order valence-corrected chi connectivity index (χ3v) is 9.91. The molecular weight excluding hydrogens is 614 g/mol. The standard InChI is InChI=1S/C30H33BrClN3O4S/c1-21-12-17-26(18-28(21)32)35(40(38,39)27-10-4-3-5-11-27)20-29(36)34(19-23-13-15-24(31)16-14-23)22(2)30(37)33-25-8-6-7-9-25/h3-5,10-18,22,25H,6-9,19-20H2,1-2H3,(H,33,37)/t22-/m0/s1. The number of carbonyl (C=O) groups is 2. The first-order valence-corrected chi connectivity index (χ1v) is 15.9. The largest absolute Gasteiger partial charge is 0.352 e. The number of hydrogen-bond donors (Lipinski definition) is 1. The molecule has 40 heavy (non-hydrogen) atoms. The van der Waals surface area contributed by atoms with Crippen LogP contribution in [0.5, 0.6) is 0 Å². The number of benzene rings is 3. The van der Waals surface area contributed by atoms with Crippen molar-refractivity contribution >= 4 is 55.1 Å². The van der Waals surface area contributed by atoms with Gasteiger partial charge >= 0.3 is 0 Å². The Kier molecular flexibility index (Phi) is 9.92. The molecule has 0 radical (unpaired) electrons. The summed E-state index contributed by atoms with van der Waals surface area (Å²) in [4.78, 5) is 28.8. The minimum Gasteiger partial charge on any atom is -0.352 e. The summed E-state index contributed by atoms with van der Waals surface area (Å²) in [7, 11) is -4.13. The summed E-state index contributed by atoms with van der Waals surface area (Å²) in [6, 6.07) is 19.6. The number of nitrogens with one attached hydrogen (secondary N) is 1. The van der Waals surface area contributed by atoms with Crippen molar-refractivity contribution in [3.8, 4) is 0 Å². The number of anilines is 1. The lowest BCUT2D eigenvalue weighted by Gasteiger charge is -2.32. The minimum atomic E-state index is -4.13. The average molecular weight is 647 g/mol. The summed E-state index contributed by atoms with van der Waals surface area (Å²) in [5, 5.41) is 3.46. The molecule has 0 spiro atoms. The van der Waals surface area contributed by atoms with Crippen LogP contribution in [0.25, 0.3) is 0 Å². The van der Waals surface area contributed by atoms with Gasteiger partial charge in [0.1, 0.15) is 12.6 Å². The number of hydrogen-bond acceptors (Lipinski definition) is 4. The third kappa shape index (κ3) is 7.25. The van der Waals surface area contributed by atoms with Crippen molar-refractivity contribution < 1.29 is 18.0 Å². The summed E-state index contributed by atoms with van der Waals surface area (Å²) < 4.78 is 29.6. The molecule has 1 fully saturated rings. The maximum absolute atomic E-state index is 14.0. The first-order valence-electron chi connectivity index (χ1n) is 13.2. The number of sulfonamides is 1. The van der Waals surface area contributed by atoms with E-state index in [-0.39, 0.29) is 29.1 Å².